The number of nitrogens with zero attached hydrogens (tertiary/aromatic N) is 2. The fourth-order valence-corrected chi connectivity index (χ4v) is 4.53. The zero-order valence-corrected chi connectivity index (χ0v) is 20.5. The summed E-state index contributed by atoms with van der Waals surface area (Å²) in [5.41, 5.74) is 3.03. The first kappa shape index (κ1) is 24.1. The normalized spacial score (nSPS) is 15.1. The SMILES string of the molecule is CN(Cc1ccccc1NC(=O)NC1CCN(Cc2ccccc2)C1=O)C(=O)c1cc2ccccc2o1. The van der Waals surface area contributed by atoms with Gasteiger partial charge in [-0.2, -0.15) is 0 Å². The van der Waals surface area contributed by atoms with Gasteiger partial charge in [0, 0.05) is 37.8 Å². The molecule has 1 aromatic heterocycles. The molecule has 37 heavy (non-hydrogen) atoms. The molecule has 1 aliphatic rings. The maximum Gasteiger partial charge on any atom is 0.319 e. The third-order valence-electron chi connectivity index (χ3n) is 6.48. The number of carbonyl (C=O) groups is 3. The van der Waals surface area contributed by atoms with Gasteiger partial charge in [-0.25, -0.2) is 4.79 Å². The first-order valence-electron chi connectivity index (χ1n) is 12.2. The van der Waals surface area contributed by atoms with Crippen molar-refractivity contribution in [2.24, 2.45) is 0 Å². The van der Waals surface area contributed by atoms with E-state index in [-0.39, 0.29) is 24.1 Å². The van der Waals surface area contributed by atoms with Crippen molar-refractivity contribution in [2.45, 2.75) is 25.6 Å². The van der Waals surface area contributed by atoms with Gasteiger partial charge >= 0.3 is 6.03 Å². The molecule has 2 N–H and O–H groups in total. The van der Waals surface area contributed by atoms with Crippen molar-refractivity contribution in [3.8, 4) is 0 Å². The molecule has 8 nitrogen and oxygen atoms in total. The van der Waals surface area contributed by atoms with Gasteiger partial charge in [0.2, 0.25) is 5.91 Å². The van der Waals surface area contributed by atoms with Crippen LogP contribution < -0.4 is 10.6 Å². The second-order valence-electron chi connectivity index (χ2n) is 9.15. The number of likely N-dealkylation sites (tertiary alicyclic amines) is 1. The van der Waals surface area contributed by atoms with Gasteiger partial charge in [0.25, 0.3) is 5.91 Å². The molecule has 4 amide bonds. The summed E-state index contributed by atoms with van der Waals surface area (Å²) in [6, 6.07) is 25.2. The van der Waals surface area contributed by atoms with Gasteiger partial charge in [-0.3, -0.25) is 9.59 Å². The molecule has 0 spiro atoms. The maximum absolute atomic E-state index is 13.0. The fourth-order valence-electron chi connectivity index (χ4n) is 4.53. The highest BCUT2D eigenvalue weighted by Crippen LogP contribution is 2.22. The third-order valence-corrected chi connectivity index (χ3v) is 6.48. The highest BCUT2D eigenvalue weighted by Gasteiger charge is 2.32. The van der Waals surface area contributed by atoms with E-state index in [1.54, 1.807) is 24.1 Å². The number of para-hydroxylation sites is 2. The number of furan rings is 1. The average molecular weight is 497 g/mol. The van der Waals surface area contributed by atoms with E-state index in [4.69, 9.17) is 4.42 Å². The molecule has 5 rings (SSSR count). The molecule has 4 aromatic rings. The van der Waals surface area contributed by atoms with Gasteiger partial charge in [-0.05, 0) is 35.7 Å². The topological polar surface area (TPSA) is 94.9 Å². The molecule has 0 radical (unpaired) electrons. The Kier molecular flexibility index (Phi) is 6.89. The van der Waals surface area contributed by atoms with Gasteiger partial charge in [-0.1, -0.05) is 66.7 Å². The smallest absolute Gasteiger partial charge is 0.319 e. The van der Waals surface area contributed by atoms with Crippen molar-refractivity contribution < 1.29 is 18.8 Å². The molecule has 0 bridgehead atoms. The molecule has 0 saturated carbocycles. The third kappa shape index (κ3) is 5.48. The van der Waals surface area contributed by atoms with Gasteiger partial charge < -0.3 is 24.9 Å². The fraction of sp³-hybridized carbons (Fsp3) is 0.207. The number of nitrogens with one attached hydrogen (secondary N) is 2. The zero-order valence-electron chi connectivity index (χ0n) is 20.5. The lowest BCUT2D eigenvalue weighted by Gasteiger charge is -2.20. The van der Waals surface area contributed by atoms with Crippen LogP contribution in [-0.2, 0) is 17.9 Å². The monoisotopic (exact) mass is 496 g/mol. The second kappa shape index (κ2) is 10.6. The van der Waals surface area contributed by atoms with Crippen LogP contribution in [0.4, 0.5) is 10.5 Å². The van der Waals surface area contributed by atoms with Crippen LogP contribution in [0, 0.1) is 0 Å². The van der Waals surface area contributed by atoms with Crippen LogP contribution in [0.1, 0.15) is 28.1 Å². The van der Waals surface area contributed by atoms with E-state index < -0.39 is 12.1 Å². The number of carbonyl (C=O) groups excluding carboxylic acids is 3. The van der Waals surface area contributed by atoms with Crippen molar-refractivity contribution in [3.63, 3.8) is 0 Å². The molecule has 8 heteroatoms. The Morgan fingerprint density at radius 2 is 1.73 bits per heavy atom. The first-order valence-corrected chi connectivity index (χ1v) is 12.2. The number of fused-ring (bicyclic) bond motifs is 1. The van der Waals surface area contributed by atoms with Crippen LogP contribution in [0.2, 0.25) is 0 Å². The van der Waals surface area contributed by atoms with E-state index in [1.807, 2.05) is 72.8 Å². The average Bonchev–Trinajstić information content (AvgIpc) is 3.49. The Labute approximate surface area is 214 Å². The van der Waals surface area contributed by atoms with Crippen molar-refractivity contribution in [3.05, 3.63) is 102 Å². The molecule has 3 aromatic carbocycles. The molecular weight excluding hydrogens is 468 g/mol. The van der Waals surface area contributed by atoms with Crippen LogP contribution >= 0.6 is 0 Å². The quantitative estimate of drug-likeness (QED) is 0.390. The van der Waals surface area contributed by atoms with Crippen molar-refractivity contribution in [2.75, 3.05) is 18.9 Å². The van der Waals surface area contributed by atoms with Gasteiger partial charge in [-0.15, -0.1) is 0 Å². The highest BCUT2D eigenvalue weighted by atomic mass is 16.3. The Balaban J connectivity index is 1.20. The lowest BCUT2D eigenvalue weighted by atomic mass is 10.1. The van der Waals surface area contributed by atoms with Crippen molar-refractivity contribution in [1.29, 1.82) is 0 Å². The summed E-state index contributed by atoms with van der Waals surface area (Å²) >= 11 is 0. The van der Waals surface area contributed by atoms with Crippen LogP contribution in [0.25, 0.3) is 11.0 Å². The first-order chi connectivity index (χ1) is 18.0. The zero-order chi connectivity index (χ0) is 25.8. The largest absolute Gasteiger partial charge is 0.451 e. The van der Waals surface area contributed by atoms with Crippen molar-refractivity contribution >= 4 is 34.5 Å². The summed E-state index contributed by atoms with van der Waals surface area (Å²) in [6.45, 7) is 1.37. The number of hydrogen-bond donors (Lipinski definition) is 2. The van der Waals surface area contributed by atoms with E-state index in [9.17, 15) is 14.4 Å². The van der Waals surface area contributed by atoms with Crippen LogP contribution in [-0.4, -0.2) is 47.3 Å². The number of urea groups is 1. The number of hydrogen-bond acceptors (Lipinski definition) is 4. The summed E-state index contributed by atoms with van der Waals surface area (Å²) in [7, 11) is 1.69. The number of benzene rings is 3. The van der Waals surface area contributed by atoms with E-state index in [1.165, 1.54) is 4.90 Å². The standard InChI is InChI=1S/C29H28N4O4/c1-32(28(35)26-17-21-11-6-8-14-25(21)37-26)19-22-12-5-7-13-23(22)30-29(36)31-24-15-16-33(27(24)34)18-20-9-3-2-4-10-20/h2-14,17,24H,15-16,18-19H2,1H3,(H2,30,31,36). The summed E-state index contributed by atoms with van der Waals surface area (Å²) in [4.78, 5) is 41.9. The van der Waals surface area contributed by atoms with Crippen LogP contribution in [0.5, 0.6) is 0 Å². The lowest BCUT2D eigenvalue weighted by Crippen LogP contribution is -2.43. The molecule has 1 unspecified atom stereocenters. The Bertz CT molecular complexity index is 1400. The molecule has 0 aliphatic carbocycles. The summed E-state index contributed by atoms with van der Waals surface area (Å²) in [6.07, 6.45) is 0.551. The van der Waals surface area contributed by atoms with Crippen LogP contribution in [0.3, 0.4) is 0 Å². The summed E-state index contributed by atoms with van der Waals surface area (Å²) in [5.74, 6) is -0.0966. The molecule has 1 saturated heterocycles. The van der Waals surface area contributed by atoms with Gasteiger partial charge in [0.05, 0.1) is 0 Å². The summed E-state index contributed by atoms with van der Waals surface area (Å²) < 4.78 is 5.71. The molecule has 1 fully saturated rings. The van der Waals surface area contributed by atoms with Gasteiger partial charge in [0.1, 0.15) is 11.6 Å². The Morgan fingerprint density at radius 3 is 2.54 bits per heavy atom. The molecule has 2 heterocycles. The Hall–Kier alpha value is -4.59. The predicted molar refractivity (Wildman–Crippen MR) is 141 cm³/mol. The van der Waals surface area contributed by atoms with Gasteiger partial charge in [0.15, 0.2) is 5.76 Å². The minimum atomic E-state index is -0.576. The highest BCUT2D eigenvalue weighted by molar-refractivity contribution is 5.97. The van der Waals surface area contributed by atoms with E-state index in [0.29, 0.717) is 30.8 Å². The number of rotatable bonds is 7. The van der Waals surface area contributed by atoms with E-state index >= 15 is 0 Å². The molecule has 188 valence electrons. The van der Waals surface area contributed by atoms with Crippen molar-refractivity contribution in [1.82, 2.24) is 15.1 Å². The molecule has 1 aliphatic heterocycles. The molecular formula is C29H28N4O4. The number of anilines is 1. The second-order valence-corrected chi connectivity index (χ2v) is 9.15. The minimum absolute atomic E-state index is 0.0940. The van der Waals surface area contributed by atoms with Crippen LogP contribution in [0.15, 0.2) is 89.3 Å². The maximum atomic E-state index is 13.0. The number of amides is 4. The minimum Gasteiger partial charge on any atom is -0.451 e. The lowest BCUT2D eigenvalue weighted by molar-refractivity contribution is -0.129. The van der Waals surface area contributed by atoms with E-state index in [2.05, 4.69) is 10.6 Å². The summed E-state index contributed by atoms with van der Waals surface area (Å²) in [5, 5.41) is 6.51. The Morgan fingerprint density at radius 1 is 1.00 bits per heavy atom. The van der Waals surface area contributed by atoms with E-state index in [0.717, 1.165) is 16.5 Å². The molecule has 1 atom stereocenters. The predicted octanol–water partition coefficient (Wildman–Crippen LogP) is 4.63.